The average Bonchev–Trinajstić information content (AvgIpc) is 3.32. The van der Waals surface area contributed by atoms with E-state index < -0.39 is 28.5 Å². The first-order valence-corrected chi connectivity index (χ1v) is 10.7. The molecule has 0 unspecified atom stereocenters. The van der Waals surface area contributed by atoms with Gasteiger partial charge in [-0.2, -0.15) is 0 Å². The van der Waals surface area contributed by atoms with Crippen molar-refractivity contribution in [2.45, 2.75) is 13.2 Å². The fourth-order valence-corrected chi connectivity index (χ4v) is 3.39. The topological polar surface area (TPSA) is 121 Å². The molecule has 0 radical (unpaired) electrons. The molecule has 1 N–H and O–H groups in total. The molecule has 2 aromatic carbocycles. The van der Waals surface area contributed by atoms with E-state index in [4.69, 9.17) is 4.74 Å². The third-order valence-electron chi connectivity index (χ3n) is 5.35. The highest BCUT2D eigenvalue weighted by atomic mass is 16.5. The van der Waals surface area contributed by atoms with Gasteiger partial charge < -0.3 is 9.84 Å². The van der Waals surface area contributed by atoms with Gasteiger partial charge in [0.05, 0.1) is 12.7 Å². The highest BCUT2D eigenvalue weighted by molar-refractivity contribution is 6.08. The molecule has 0 amide bonds. The number of ether oxygens (including phenoxy) is 1. The maximum Gasteiger partial charge on any atom is 0.333 e. The molecule has 0 saturated heterocycles. The Morgan fingerprint density at radius 2 is 1.74 bits per heavy atom. The summed E-state index contributed by atoms with van der Waals surface area (Å²) in [4.78, 5) is 36.6. The summed E-state index contributed by atoms with van der Waals surface area (Å²) in [5.41, 5.74) is 0.451. The number of carbonyl (C=O) groups excluding carboxylic acids is 1. The van der Waals surface area contributed by atoms with Gasteiger partial charge in [0.1, 0.15) is 23.6 Å². The molecule has 0 aliphatic rings. The standard InChI is InChI=1S/C25H23N5O5/c1-28-23(32)22(24(33)29(2)25(28)34)21(31)13-10-17-8-11-20(12-9-17)35-16-19-15-30(27-26-19)14-18-6-4-3-5-7-18/h3-13,15,32H,14,16H2,1-2H3/b13-10+. The predicted molar refractivity (Wildman–Crippen MR) is 128 cm³/mol. The van der Waals surface area contributed by atoms with Crippen molar-refractivity contribution >= 4 is 11.9 Å². The van der Waals surface area contributed by atoms with E-state index in [-0.39, 0.29) is 6.61 Å². The number of hydrogen-bond donors (Lipinski definition) is 1. The summed E-state index contributed by atoms with van der Waals surface area (Å²) in [6.07, 6.45) is 4.50. The molecule has 0 saturated carbocycles. The van der Waals surface area contributed by atoms with Crippen LogP contribution in [0.25, 0.3) is 6.08 Å². The van der Waals surface area contributed by atoms with Crippen molar-refractivity contribution in [1.29, 1.82) is 0 Å². The van der Waals surface area contributed by atoms with Crippen LogP contribution in [-0.4, -0.2) is 35.0 Å². The zero-order valence-electron chi connectivity index (χ0n) is 19.2. The summed E-state index contributed by atoms with van der Waals surface area (Å²) >= 11 is 0. The lowest BCUT2D eigenvalue weighted by atomic mass is 10.1. The highest BCUT2D eigenvalue weighted by Crippen LogP contribution is 2.16. The second-order valence-corrected chi connectivity index (χ2v) is 7.85. The third-order valence-corrected chi connectivity index (χ3v) is 5.35. The number of carbonyl (C=O) groups is 1. The minimum atomic E-state index is -0.857. The lowest BCUT2D eigenvalue weighted by molar-refractivity contribution is 0.104. The van der Waals surface area contributed by atoms with Crippen LogP contribution >= 0.6 is 0 Å². The summed E-state index contributed by atoms with van der Waals surface area (Å²) in [5, 5.41) is 18.3. The summed E-state index contributed by atoms with van der Waals surface area (Å²) in [6.45, 7) is 0.870. The Bertz CT molecular complexity index is 1500. The molecule has 0 aliphatic carbocycles. The zero-order chi connectivity index (χ0) is 24.9. The van der Waals surface area contributed by atoms with Gasteiger partial charge in [-0.1, -0.05) is 53.8 Å². The van der Waals surface area contributed by atoms with E-state index in [0.717, 1.165) is 14.7 Å². The van der Waals surface area contributed by atoms with Crippen LogP contribution in [0.4, 0.5) is 0 Å². The molecule has 10 nitrogen and oxygen atoms in total. The van der Waals surface area contributed by atoms with Crippen molar-refractivity contribution in [2.75, 3.05) is 0 Å². The van der Waals surface area contributed by atoms with Crippen LogP contribution in [0.3, 0.4) is 0 Å². The Morgan fingerprint density at radius 3 is 2.46 bits per heavy atom. The molecule has 0 aliphatic heterocycles. The Labute approximate surface area is 200 Å². The molecule has 2 heterocycles. The van der Waals surface area contributed by atoms with Gasteiger partial charge in [0.15, 0.2) is 5.78 Å². The highest BCUT2D eigenvalue weighted by Gasteiger charge is 2.19. The Balaban J connectivity index is 1.37. The number of benzene rings is 2. The molecule has 10 heteroatoms. The molecule has 178 valence electrons. The van der Waals surface area contributed by atoms with Crippen LogP contribution < -0.4 is 16.0 Å². The monoisotopic (exact) mass is 473 g/mol. The first kappa shape index (κ1) is 23.4. The molecule has 2 aromatic heterocycles. The number of aromatic nitrogens is 5. The Kier molecular flexibility index (Phi) is 6.72. The van der Waals surface area contributed by atoms with Crippen molar-refractivity contribution in [2.24, 2.45) is 14.1 Å². The molecule has 0 bridgehead atoms. The molecular weight excluding hydrogens is 450 g/mol. The Hall–Kier alpha value is -4.73. The maximum absolute atomic E-state index is 12.5. The van der Waals surface area contributed by atoms with Crippen molar-refractivity contribution in [3.63, 3.8) is 0 Å². The second-order valence-electron chi connectivity index (χ2n) is 7.85. The fraction of sp³-hybridized carbons (Fsp3) is 0.160. The Morgan fingerprint density at radius 1 is 1.03 bits per heavy atom. The van der Waals surface area contributed by atoms with Gasteiger partial charge in [0, 0.05) is 14.1 Å². The molecular formula is C25H23N5O5. The van der Waals surface area contributed by atoms with Crippen molar-refractivity contribution in [3.05, 3.63) is 110 Å². The van der Waals surface area contributed by atoms with Crippen molar-refractivity contribution in [3.8, 4) is 11.6 Å². The van der Waals surface area contributed by atoms with E-state index in [2.05, 4.69) is 10.3 Å². The van der Waals surface area contributed by atoms with Crippen molar-refractivity contribution < 1.29 is 14.6 Å². The van der Waals surface area contributed by atoms with Crippen LogP contribution in [0.15, 0.2) is 76.5 Å². The summed E-state index contributed by atoms with van der Waals surface area (Å²) < 4.78 is 9.12. The predicted octanol–water partition coefficient (Wildman–Crippen LogP) is 1.90. The second kappa shape index (κ2) is 10.0. The summed E-state index contributed by atoms with van der Waals surface area (Å²) in [6, 6.07) is 16.9. The van der Waals surface area contributed by atoms with Gasteiger partial charge in [-0.25, -0.2) is 9.48 Å². The van der Waals surface area contributed by atoms with Crippen LogP contribution in [-0.2, 0) is 27.2 Å². The number of hydrogen-bond acceptors (Lipinski definition) is 7. The first-order chi connectivity index (χ1) is 16.8. The number of aromatic hydroxyl groups is 1. The van der Waals surface area contributed by atoms with Gasteiger partial charge in [-0.05, 0) is 29.3 Å². The van der Waals surface area contributed by atoms with E-state index in [1.807, 2.05) is 36.5 Å². The lowest BCUT2D eigenvalue weighted by Crippen LogP contribution is -2.39. The number of nitrogens with zero attached hydrogens (tertiary/aromatic N) is 5. The fourth-order valence-electron chi connectivity index (χ4n) is 3.39. The van der Waals surface area contributed by atoms with E-state index in [1.54, 1.807) is 28.9 Å². The average molecular weight is 473 g/mol. The van der Waals surface area contributed by atoms with Crippen LogP contribution in [0.5, 0.6) is 11.6 Å². The summed E-state index contributed by atoms with van der Waals surface area (Å²) in [7, 11) is 2.52. The van der Waals surface area contributed by atoms with Gasteiger partial charge >= 0.3 is 5.69 Å². The zero-order valence-corrected chi connectivity index (χ0v) is 19.2. The molecule has 0 atom stereocenters. The van der Waals surface area contributed by atoms with E-state index >= 15 is 0 Å². The maximum atomic E-state index is 12.5. The largest absolute Gasteiger partial charge is 0.494 e. The number of allylic oxidation sites excluding steroid dienone is 1. The van der Waals surface area contributed by atoms with Crippen LogP contribution in [0.2, 0.25) is 0 Å². The molecule has 35 heavy (non-hydrogen) atoms. The van der Waals surface area contributed by atoms with Gasteiger partial charge in [0.2, 0.25) is 5.88 Å². The molecule has 0 spiro atoms. The van der Waals surface area contributed by atoms with E-state index in [0.29, 0.717) is 23.6 Å². The minimum Gasteiger partial charge on any atom is -0.494 e. The normalized spacial score (nSPS) is 11.1. The molecule has 0 fully saturated rings. The van der Waals surface area contributed by atoms with E-state index in [9.17, 15) is 19.5 Å². The third kappa shape index (κ3) is 5.27. The smallest absolute Gasteiger partial charge is 0.333 e. The lowest BCUT2D eigenvalue weighted by Gasteiger charge is -2.08. The van der Waals surface area contributed by atoms with E-state index in [1.165, 1.54) is 26.2 Å². The number of ketones is 1. The minimum absolute atomic E-state index is 0.248. The van der Waals surface area contributed by atoms with Crippen LogP contribution in [0.1, 0.15) is 27.2 Å². The molecule has 4 rings (SSSR count). The first-order valence-electron chi connectivity index (χ1n) is 10.7. The van der Waals surface area contributed by atoms with Gasteiger partial charge in [-0.3, -0.25) is 18.7 Å². The van der Waals surface area contributed by atoms with Gasteiger partial charge in [0.25, 0.3) is 5.56 Å². The van der Waals surface area contributed by atoms with Crippen molar-refractivity contribution in [1.82, 2.24) is 24.1 Å². The quantitative estimate of drug-likeness (QED) is 0.306. The molecule has 4 aromatic rings. The SMILES string of the molecule is Cn1c(O)c(C(=O)/C=C/c2ccc(OCc3cn(Cc4ccccc4)nn3)cc2)c(=O)n(C)c1=O. The van der Waals surface area contributed by atoms with Gasteiger partial charge in [-0.15, -0.1) is 5.10 Å². The summed E-state index contributed by atoms with van der Waals surface area (Å²) in [5.74, 6) is -0.773. The number of rotatable bonds is 8. The van der Waals surface area contributed by atoms with Crippen LogP contribution in [0, 0.1) is 0 Å².